The Balaban J connectivity index is 1.55. The van der Waals surface area contributed by atoms with Crippen molar-refractivity contribution in [3.8, 4) is 46.0 Å². The van der Waals surface area contributed by atoms with Crippen LogP contribution in [0.25, 0.3) is 6.08 Å². The fourth-order valence-electron chi connectivity index (χ4n) is 4.12. The third-order valence-corrected chi connectivity index (χ3v) is 6.52. The summed E-state index contributed by atoms with van der Waals surface area (Å²) in [4.78, 5) is 37.9. The van der Waals surface area contributed by atoms with E-state index in [-0.39, 0.29) is 5.56 Å². The van der Waals surface area contributed by atoms with Gasteiger partial charge in [0.2, 0.25) is 6.29 Å². The molecule has 0 unspecified atom stereocenters. The maximum atomic E-state index is 12.8. The fraction of sp³-hybridized carbons (Fsp3) is 0.207. The number of hydrogen-bond donors (Lipinski definition) is 10. The number of rotatable bonds is 8. The van der Waals surface area contributed by atoms with E-state index in [0.717, 1.165) is 30.3 Å². The number of esters is 3. The van der Waals surface area contributed by atoms with Crippen LogP contribution in [-0.4, -0.2) is 106 Å². The summed E-state index contributed by atoms with van der Waals surface area (Å²) < 4.78 is 20.9. The first-order valence-electron chi connectivity index (χ1n) is 13.0. The van der Waals surface area contributed by atoms with Crippen LogP contribution in [0.2, 0.25) is 0 Å². The lowest BCUT2D eigenvalue weighted by Crippen LogP contribution is -2.61. The second-order valence-corrected chi connectivity index (χ2v) is 9.74. The molecule has 1 heterocycles. The molecule has 0 bridgehead atoms. The molecule has 3 aromatic carbocycles. The number of benzene rings is 3. The number of aromatic hydroxyl groups is 8. The van der Waals surface area contributed by atoms with Crippen molar-refractivity contribution in [2.75, 3.05) is 6.61 Å². The zero-order valence-electron chi connectivity index (χ0n) is 23.1. The Bertz CT molecular complexity index is 1640. The summed E-state index contributed by atoms with van der Waals surface area (Å²) in [5.74, 6) is -9.96. The van der Waals surface area contributed by atoms with Gasteiger partial charge in [-0.05, 0) is 48.0 Å². The summed E-state index contributed by atoms with van der Waals surface area (Å²) in [6, 6.07) is 6.56. The smallest absolute Gasteiger partial charge is 0.338 e. The highest BCUT2D eigenvalue weighted by atomic mass is 16.7. The van der Waals surface area contributed by atoms with Crippen LogP contribution in [0.3, 0.4) is 0 Å². The molecule has 1 fully saturated rings. The summed E-state index contributed by atoms with van der Waals surface area (Å²) in [5, 5.41) is 98.4. The van der Waals surface area contributed by atoms with Crippen molar-refractivity contribution in [1.29, 1.82) is 0 Å². The second kappa shape index (κ2) is 13.4. The minimum absolute atomic E-state index is 0.256. The standard InChI is InChI=1S/C29H26O17/c30-14-3-1-11(5-15(14)31)2-4-21(36)45-29-25(40)24(39)26(46-28(42)13-8-18(34)23(38)19(35)9-13)20(44-29)10-43-27(41)12-6-16(32)22(37)17(33)7-12/h1-9,20,24-26,29-35,37-40H,10H2/b4-2+/t20-,24-,25-,26-,29+/m1/s1. The Hall–Kier alpha value is -5.91. The van der Waals surface area contributed by atoms with Gasteiger partial charge in [0.15, 0.2) is 52.1 Å². The Kier molecular flexibility index (Phi) is 9.60. The van der Waals surface area contributed by atoms with Gasteiger partial charge in [-0.2, -0.15) is 0 Å². The Labute approximate surface area is 257 Å². The number of ether oxygens (including phenoxy) is 4. The lowest BCUT2D eigenvalue weighted by Gasteiger charge is -2.41. The highest BCUT2D eigenvalue weighted by Crippen LogP contribution is 2.37. The molecule has 0 aromatic heterocycles. The molecule has 0 amide bonds. The van der Waals surface area contributed by atoms with Crippen molar-refractivity contribution in [2.24, 2.45) is 0 Å². The number of aliphatic hydroxyl groups is 2. The third-order valence-electron chi connectivity index (χ3n) is 6.52. The molecule has 5 atom stereocenters. The molecule has 4 rings (SSSR count). The van der Waals surface area contributed by atoms with Gasteiger partial charge in [-0.25, -0.2) is 14.4 Å². The van der Waals surface area contributed by atoms with E-state index in [1.165, 1.54) is 12.1 Å². The second-order valence-electron chi connectivity index (χ2n) is 9.74. The largest absolute Gasteiger partial charge is 0.504 e. The quantitative estimate of drug-likeness (QED) is 0.0686. The molecule has 1 saturated heterocycles. The maximum Gasteiger partial charge on any atom is 0.338 e. The minimum atomic E-state index is -2.08. The highest BCUT2D eigenvalue weighted by molar-refractivity contribution is 5.92. The monoisotopic (exact) mass is 646 g/mol. The van der Waals surface area contributed by atoms with Crippen LogP contribution < -0.4 is 0 Å². The molecular formula is C29H26O17. The normalized spacial score (nSPS) is 21.0. The van der Waals surface area contributed by atoms with Gasteiger partial charge in [0, 0.05) is 6.08 Å². The Morgan fingerprint density at radius 3 is 1.76 bits per heavy atom. The van der Waals surface area contributed by atoms with E-state index in [4.69, 9.17) is 18.9 Å². The van der Waals surface area contributed by atoms with Crippen LogP contribution >= 0.6 is 0 Å². The van der Waals surface area contributed by atoms with Gasteiger partial charge in [0.05, 0.1) is 11.1 Å². The molecule has 3 aromatic rings. The van der Waals surface area contributed by atoms with Gasteiger partial charge in [-0.3, -0.25) is 0 Å². The molecule has 0 saturated carbocycles. The van der Waals surface area contributed by atoms with Gasteiger partial charge in [0.25, 0.3) is 0 Å². The molecule has 10 N–H and O–H groups in total. The predicted octanol–water partition coefficient (Wildman–Crippen LogP) is 0.417. The summed E-state index contributed by atoms with van der Waals surface area (Å²) in [6.07, 6.45) is -7.67. The summed E-state index contributed by atoms with van der Waals surface area (Å²) in [7, 11) is 0. The van der Waals surface area contributed by atoms with Gasteiger partial charge in [-0.1, -0.05) is 6.07 Å². The van der Waals surface area contributed by atoms with Crippen LogP contribution in [0.4, 0.5) is 0 Å². The van der Waals surface area contributed by atoms with E-state index in [1.807, 2.05) is 0 Å². The summed E-state index contributed by atoms with van der Waals surface area (Å²) in [5.41, 5.74) is -0.729. The highest BCUT2D eigenvalue weighted by Gasteiger charge is 2.49. The number of carbonyl (C=O) groups excluding carboxylic acids is 3. The fourth-order valence-corrected chi connectivity index (χ4v) is 4.12. The van der Waals surface area contributed by atoms with Gasteiger partial charge in [0.1, 0.15) is 24.9 Å². The summed E-state index contributed by atoms with van der Waals surface area (Å²) >= 11 is 0. The van der Waals surface area contributed by atoms with E-state index in [1.54, 1.807) is 0 Å². The average molecular weight is 647 g/mol. The summed E-state index contributed by atoms with van der Waals surface area (Å²) in [6.45, 7) is -0.883. The number of hydrogen-bond acceptors (Lipinski definition) is 17. The van der Waals surface area contributed by atoms with E-state index in [9.17, 15) is 65.4 Å². The van der Waals surface area contributed by atoms with Gasteiger partial charge < -0.3 is 70.0 Å². The Morgan fingerprint density at radius 1 is 0.674 bits per heavy atom. The van der Waals surface area contributed by atoms with Crippen molar-refractivity contribution in [1.82, 2.24) is 0 Å². The molecule has 1 aliphatic rings. The van der Waals surface area contributed by atoms with Crippen LogP contribution in [0.5, 0.6) is 46.0 Å². The van der Waals surface area contributed by atoms with Crippen molar-refractivity contribution >= 4 is 24.0 Å². The predicted molar refractivity (Wildman–Crippen MR) is 148 cm³/mol. The van der Waals surface area contributed by atoms with Crippen molar-refractivity contribution in [3.05, 3.63) is 65.2 Å². The van der Waals surface area contributed by atoms with Gasteiger partial charge >= 0.3 is 17.9 Å². The first-order chi connectivity index (χ1) is 21.7. The first-order valence-corrected chi connectivity index (χ1v) is 13.0. The molecule has 1 aliphatic heterocycles. The molecule has 17 nitrogen and oxygen atoms in total. The maximum absolute atomic E-state index is 12.8. The molecule has 0 radical (unpaired) electrons. The van der Waals surface area contributed by atoms with Crippen molar-refractivity contribution in [3.63, 3.8) is 0 Å². The average Bonchev–Trinajstić information content (AvgIpc) is 3.01. The Morgan fingerprint density at radius 2 is 1.22 bits per heavy atom. The molecule has 17 heteroatoms. The van der Waals surface area contributed by atoms with E-state index in [2.05, 4.69) is 0 Å². The lowest BCUT2D eigenvalue weighted by molar-refractivity contribution is -0.290. The number of carbonyl (C=O) groups is 3. The van der Waals surface area contributed by atoms with Crippen molar-refractivity contribution < 1.29 is 84.4 Å². The number of phenolic OH excluding ortho intramolecular Hbond substituents is 8. The number of phenols is 8. The van der Waals surface area contributed by atoms with Gasteiger partial charge in [-0.15, -0.1) is 0 Å². The van der Waals surface area contributed by atoms with E-state index >= 15 is 0 Å². The molecule has 0 spiro atoms. The van der Waals surface area contributed by atoms with E-state index in [0.29, 0.717) is 12.1 Å². The molecule has 244 valence electrons. The SMILES string of the molecule is O=C(/C=C/c1ccc(O)c(O)c1)O[C@@H]1O[C@H](COC(=O)c2cc(O)c(O)c(O)c2)[C@@H](OC(=O)c2cc(O)c(O)c(O)c2)[C@H](O)[C@H]1O. The van der Waals surface area contributed by atoms with Crippen molar-refractivity contribution in [2.45, 2.75) is 30.7 Å². The van der Waals surface area contributed by atoms with Crippen LogP contribution in [0.15, 0.2) is 48.5 Å². The van der Waals surface area contributed by atoms with Crippen LogP contribution in [0, 0.1) is 0 Å². The molecule has 0 aliphatic carbocycles. The zero-order chi connectivity index (χ0) is 33.9. The van der Waals surface area contributed by atoms with Crippen LogP contribution in [0.1, 0.15) is 26.3 Å². The van der Waals surface area contributed by atoms with E-state index < -0.39 is 112 Å². The first kappa shape index (κ1) is 33.0. The minimum Gasteiger partial charge on any atom is -0.504 e. The number of aliphatic hydroxyl groups excluding tert-OH is 2. The third kappa shape index (κ3) is 7.24. The molecule has 46 heavy (non-hydrogen) atoms. The molecular weight excluding hydrogens is 620 g/mol. The van der Waals surface area contributed by atoms with Crippen LogP contribution in [-0.2, 0) is 23.7 Å². The topological polar surface area (TPSA) is 290 Å². The zero-order valence-corrected chi connectivity index (χ0v) is 23.1. The lowest BCUT2D eigenvalue weighted by atomic mass is 9.98.